The van der Waals surface area contributed by atoms with Crippen LogP contribution in [0.4, 0.5) is 4.79 Å². The molecule has 1 aromatic rings. The summed E-state index contributed by atoms with van der Waals surface area (Å²) in [5.41, 5.74) is 0.725. The van der Waals surface area contributed by atoms with Crippen LogP contribution in [0.3, 0.4) is 0 Å². The highest BCUT2D eigenvalue weighted by Gasteiger charge is 2.38. The maximum Gasteiger partial charge on any atom is 0.407 e. The maximum absolute atomic E-state index is 11.6. The second kappa shape index (κ2) is 6.02. The number of benzene rings is 1. The molecule has 0 bridgehead atoms. The van der Waals surface area contributed by atoms with Crippen LogP contribution in [0, 0.1) is 0 Å². The van der Waals surface area contributed by atoms with Gasteiger partial charge in [-0.05, 0) is 44.9 Å². The maximum atomic E-state index is 11.6. The third-order valence-electron chi connectivity index (χ3n) is 2.97. The van der Waals surface area contributed by atoms with Crippen LogP contribution in [0.1, 0.15) is 32.8 Å². The lowest BCUT2D eigenvalue weighted by molar-refractivity contribution is 0.0522. The molecule has 1 amide bonds. The van der Waals surface area contributed by atoms with Crippen molar-refractivity contribution in [3.05, 3.63) is 34.9 Å². The van der Waals surface area contributed by atoms with Gasteiger partial charge in [-0.25, -0.2) is 4.79 Å². The molecule has 110 valence electrons. The number of carbonyl (C=O) groups excluding carboxylic acids is 1. The molecule has 0 radical (unpaired) electrons. The minimum atomic E-state index is -0.453. The average molecular weight is 297 g/mol. The van der Waals surface area contributed by atoms with E-state index in [1.807, 2.05) is 45.0 Å². The number of alkyl carbamates (subject to hydrolysis) is 1. The molecule has 1 saturated carbocycles. The zero-order valence-electron chi connectivity index (χ0n) is 12.1. The monoisotopic (exact) mass is 296 g/mol. The average Bonchev–Trinajstić information content (AvgIpc) is 3.04. The first-order chi connectivity index (χ1) is 9.33. The van der Waals surface area contributed by atoms with Crippen molar-refractivity contribution in [2.75, 3.05) is 0 Å². The molecule has 1 aromatic carbocycles. The summed E-state index contributed by atoms with van der Waals surface area (Å²) in [6.45, 7) is 6.34. The van der Waals surface area contributed by atoms with E-state index in [0.717, 1.165) is 18.0 Å². The molecule has 1 aliphatic rings. The zero-order valence-corrected chi connectivity index (χ0v) is 12.8. The van der Waals surface area contributed by atoms with E-state index >= 15 is 0 Å². The predicted octanol–water partition coefficient (Wildman–Crippen LogP) is 3.10. The summed E-state index contributed by atoms with van der Waals surface area (Å²) < 4.78 is 5.22. The number of rotatable bonds is 4. The lowest BCUT2D eigenvalue weighted by Crippen LogP contribution is -2.36. The van der Waals surface area contributed by atoms with Gasteiger partial charge in [0.05, 0.1) is 0 Å². The molecule has 5 heteroatoms. The van der Waals surface area contributed by atoms with Gasteiger partial charge in [0.2, 0.25) is 0 Å². The Kier molecular flexibility index (Phi) is 4.55. The van der Waals surface area contributed by atoms with Crippen LogP contribution in [-0.4, -0.2) is 23.8 Å². The molecule has 0 saturated heterocycles. The Hall–Kier alpha value is -1.26. The quantitative estimate of drug-likeness (QED) is 0.897. The molecule has 0 aliphatic heterocycles. The van der Waals surface area contributed by atoms with Crippen LogP contribution in [0.15, 0.2) is 24.3 Å². The largest absolute Gasteiger partial charge is 0.444 e. The summed E-state index contributed by atoms with van der Waals surface area (Å²) in [6, 6.07) is 8.22. The molecule has 0 spiro atoms. The Morgan fingerprint density at radius 1 is 1.30 bits per heavy atom. The van der Waals surface area contributed by atoms with E-state index in [0.29, 0.717) is 6.04 Å². The number of nitrogens with one attached hydrogen (secondary N) is 2. The SMILES string of the molecule is CC(C)(C)OC(=O)NC1CC1NCc1ccc(Cl)cc1. The molecule has 1 aliphatic carbocycles. The number of hydrogen-bond donors (Lipinski definition) is 2. The molecule has 2 rings (SSSR count). The van der Waals surface area contributed by atoms with Crippen molar-refractivity contribution in [3.8, 4) is 0 Å². The Balaban J connectivity index is 1.68. The van der Waals surface area contributed by atoms with Gasteiger partial charge in [0, 0.05) is 23.7 Å². The minimum Gasteiger partial charge on any atom is -0.444 e. The molecule has 1 fully saturated rings. The van der Waals surface area contributed by atoms with Crippen molar-refractivity contribution < 1.29 is 9.53 Å². The summed E-state index contributed by atoms with van der Waals surface area (Å²) in [6.07, 6.45) is 0.589. The van der Waals surface area contributed by atoms with Gasteiger partial charge in [-0.2, -0.15) is 0 Å². The topological polar surface area (TPSA) is 50.4 Å². The standard InChI is InChI=1S/C15H21ClN2O2/c1-15(2,3)20-14(19)18-13-8-12(13)17-9-10-4-6-11(16)7-5-10/h4-7,12-13,17H,8-9H2,1-3H3,(H,18,19). The molecule has 2 N–H and O–H groups in total. The molecule has 2 unspecified atom stereocenters. The van der Waals surface area contributed by atoms with Gasteiger partial charge >= 0.3 is 6.09 Å². The summed E-state index contributed by atoms with van der Waals surface area (Å²) in [5.74, 6) is 0. The minimum absolute atomic E-state index is 0.164. The molecule has 20 heavy (non-hydrogen) atoms. The summed E-state index contributed by atoms with van der Waals surface area (Å²) in [7, 11) is 0. The van der Waals surface area contributed by atoms with Crippen molar-refractivity contribution in [2.45, 2.75) is 51.4 Å². The Morgan fingerprint density at radius 2 is 1.95 bits per heavy atom. The Bertz CT molecular complexity index is 468. The normalized spacial score (nSPS) is 21.4. The fourth-order valence-electron chi connectivity index (χ4n) is 1.89. The highest BCUT2D eigenvalue weighted by molar-refractivity contribution is 6.30. The third kappa shape index (κ3) is 5.02. The summed E-state index contributed by atoms with van der Waals surface area (Å²) in [4.78, 5) is 11.6. The fraction of sp³-hybridized carbons (Fsp3) is 0.533. The Labute approximate surface area is 124 Å². The number of carbonyl (C=O) groups is 1. The van der Waals surface area contributed by atoms with Crippen LogP contribution >= 0.6 is 11.6 Å². The van der Waals surface area contributed by atoms with E-state index in [1.165, 1.54) is 5.56 Å². The number of halogens is 1. The van der Waals surface area contributed by atoms with E-state index in [-0.39, 0.29) is 12.1 Å². The summed E-state index contributed by atoms with van der Waals surface area (Å²) >= 11 is 5.84. The lowest BCUT2D eigenvalue weighted by atomic mass is 10.2. The molecular formula is C15H21ClN2O2. The molecule has 2 atom stereocenters. The number of ether oxygens (including phenoxy) is 1. The molecule has 0 aromatic heterocycles. The zero-order chi connectivity index (χ0) is 14.8. The van der Waals surface area contributed by atoms with Crippen LogP contribution in [0.25, 0.3) is 0 Å². The molecule has 4 nitrogen and oxygen atoms in total. The van der Waals surface area contributed by atoms with E-state index < -0.39 is 5.60 Å². The van der Waals surface area contributed by atoms with Gasteiger partial charge in [0.1, 0.15) is 5.60 Å². The van der Waals surface area contributed by atoms with Crippen LogP contribution in [0.5, 0.6) is 0 Å². The summed E-state index contributed by atoms with van der Waals surface area (Å²) in [5, 5.41) is 7.00. The first-order valence-electron chi connectivity index (χ1n) is 6.81. The highest BCUT2D eigenvalue weighted by atomic mass is 35.5. The van der Waals surface area contributed by atoms with Crippen molar-refractivity contribution in [1.29, 1.82) is 0 Å². The van der Waals surface area contributed by atoms with Gasteiger partial charge in [0.25, 0.3) is 0 Å². The smallest absolute Gasteiger partial charge is 0.407 e. The molecule has 0 heterocycles. The van der Waals surface area contributed by atoms with Crippen LogP contribution in [0.2, 0.25) is 5.02 Å². The van der Waals surface area contributed by atoms with Crippen LogP contribution in [-0.2, 0) is 11.3 Å². The third-order valence-corrected chi connectivity index (χ3v) is 3.23. The Morgan fingerprint density at radius 3 is 2.55 bits per heavy atom. The van der Waals surface area contributed by atoms with Crippen molar-refractivity contribution in [3.63, 3.8) is 0 Å². The van der Waals surface area contributed by atoms with E-state index in [4.69, 9.17) is 16.3 Å². The van der Waals surface area contributed by atoms with E-state index in [2.05, 4.69) is 10.6 Å². The lowest BCUT2D eigenvalue weighted by Gasteiger charge is -2.19. The van der Waals surface area contributed by atoms with Gasteiger partial charge in [0.15, 0.2) is 0 Å². The van der Waals surface area contributed by atoms with Crippen molar-refractivity contribution >= 4 is 17.7 Å². The van der Waals surface area contributed by atoms with Gasteiger partial charge < -0.3 is 15.4 Å². The van der Waals surface area contributed by atoms with E-state index in [9.17, 15) is 4.79 Å². The first-order valence-corrected chi connectivity index (χ1v) is 7.18. The van der Waals surface area contributed by atoms with Gasteiger partial charge in [-0.15, -0.1) is 0 Å². The second-order valence-electron chi connectivity index (χ2n) is 6.10. The number of hydrogen-bond acceptors (Lipinski definition) is 3. The van der Waals surface area contributed by atoms with Crippen molar-refractivity contribution in [1.82, 2.24) is 10.6 Å². The fourth-order valence-corrected chi connectivity index (χ4v) is 2.02. The van der Waals surface area contributed by atoms with Crippen molar-refractivity contribution in [2.24, 2.45) is 0 Å². The first kappa shape index (κ1) is 15.1. The van der Waals surface area contributed by atoms with Gasteiger partial charge in [-0.3, -0.25) is 0 Å². The second-order valence-corrected chi connectivity index (χ2v) is 6.54. The molecular weight excluding hydrogens is 276 g/mol. The van der Waals surface area contributed by atoms with E-state index in [1.54, 1.807) is 0 Å². The highest BCUT2D eigenvalue weighted by Crippen LogP contribution is 2.22. The van der Waals surface area contributed by atoms with Crippen LogP contribution < -0.4 is 10.6 Å². The van der Waals surface area contributed by atoms with Gasteiger partial charge in [-0.1, -0.05) is 23.7 Å². The predicted molar refractivity (Wildman–Crippen MR) is 79.9 cm³/mol. The number of amides is 1.